The van der Waals surface area contributed by atoms with E-state index in [0.717, 1.165) is 55.1 Å². The fourth-order valence-corrected chi connectivity index (χ4v) is 6.87. The third-order valence-corrected chi connectivity index (χ3v) is 9.56. The maximum atomic E-state index is 14.1. The number of anilines is 1. The predicted molar refractivity (Wildman–Crippen MR) is 157 cm³/mol. The van der Waals surface area contributed by atoms with Crippen LogP contribution in [-0.4, -0.2) is 55.0 Å². The minimum atomic E-state index is -0.223. The lowest BCUT2D eigenvalue weighted by molar-refractivity contribution is -0.108. The van der Waals surface area contributed by atoms with Crippen LogP contribution in [0.5, 0.6) is 0 Å². The standard InChI is InChI=1S/C32H44FN5O/c1-20-6-7-23(28(33)16-20)12-13-35-30(39)24-8-10-26(11-9-24)36-31(38-15-14-34-21(2)19-38)37-29-18-25-17-27(22(29)3)32(25,4)5/h6-11,16,21-22,25,27,29,34H,12-15,17-19H2,1-5H3,(H,35,39)(H,36,37)/t21-,22-,25+,27-,29-/m0/s1. The summed E-state index contributed by atoms with van der Waals surface area (Å²) in [6, 6.07) is 13.5. The summed E-state index contributed by atoms with van der Waals surface area (Å²) in [4.78, 5) is 20.4. The number of hydrogen-bond acceptors (Lipinski definition) is 3. The molecule has 1 saturated heterocycles. The van der Waals surface area contributed by atoms with Gasteiger partial charge in [-0.05, 0) is 97.7 Å². The number of nitrogens with one attached hydrogen (secondary N) is 3. The minimum Gasteiger partial charge on any atom is -0.352 e. The third kappa shape index (κ3) is 5.98. The van der Waals surface area contributed by atoms with Crippen molar-refractivity contribution in [1.29, 1.82) is 0 Å². The molecule has 5 atom stereocenters. The van der Waals surface area contributed by atoms with Gasteiger partial charge in [0.15, 0.2) is 5.96 Å². The number of piperazine rings is 1. The lowest BCUT2D eigenvalue weighted by Crippen LogP contribution is -2.57. The van der Waals surface area contributed by atoms with Gasteiger partial charge in [0.1, 0.15) is 5.82 Å². The van der Waals surface area contributed by atoms with Gasteiger partial charge in [0.25, 0.3) is 5.91 Å². The number of fused-ring (bicyclic) bond motifs is 2. The van der Waals surface area contributed by atoms with Crippen LogP contribution in [0.25, 0.3) is 0 Å². The molecule has 6 nitrogen and oxygen atoms in total. The number of halogens is 1. The molecule has 1 heterocycles. The van der Waals surface area contributed by atoms with E-state index >= 15 is 0 Å². The summed E-state index contributed by atoms with van der Waals surface area (Å²) < 4.78 is 14.1. The average Bonchev–Trinajstić information content (AvgIpc) is 2.90. The third-order valence-electron chi connectivity index (χ3n) is 9.56. The van der Waals surface area contributed by atoms with Crippen LogP contribution in [0.15, 0.2) is 47.5 Å². The number of rotatable bonds is 6. The van der Waals surface area contributed by atoms with Gasteiger partial charge >= 0.3 is 0 Å². The van der Waals surface area contributed by atoms with Gasteiger partial charge < -0.3 is 20.9 Å². The Hall–Kier alpha value is -2.93. The van der Waals surface area contributed by atoms with Gasteiger partial charge in [-0.15, -0.1) is 0 Å². The van der Waals surface area contributed by atoms with E-state index in [-0.39, 0.29) is 11.7 Å². The van der Waals surface area contributed by atoms with Crippen LogP contribution in [0.4, 0.5) is 10.1 Å². The Morgan fingerprint density at radius 2 is 1.92 bits per heavy atom. The summed E-state index contributed by atoms with van der Waals surface area (Å²) in [5.41, 5.74) is 3.45. The highest BCUT2D eigenvalue weighted by Crippen LogP contribution is 2.61. The van der Waals surface area contributed by atoms with E-state index in [9.17, 15) is 9.18 Å². The van der Waals surface area contributed by atoms with Gasteiger partial charge in [0, 0.05) is 43.5 Å². The van der Waals surface area contributed by atoms with Crippen molar-refractivity contribution in [2.75, 3.05) is 31.5 Å². The van der Waals surface area contributed by atoms with E-state index in [1.165, 1.54) is 12.5 Å². The molecule has 2 aromatic rings. The molecule has 4 aliphatic rings. The van der Waals surface area contributed by atoms with E-state index in [1.807, 2.05) is 37.3 Å². The second-order valence-corrected chi connectivity index (χ2v) is 12.6. The van der Waals surface area contributed by atoms with E-state index in [4.69, 9.17) is 4.99 Å². The van der Waals surface area contributed by atoms with E-state index in [1.54, 1.807) is 6.07 Å². The fourth-order valence-electron chi connectivity index (χ4n) is 6.87. The summed E-state index contributed by atoms with van der Waals surface area (Å²) in [6.07, 6.45) is 2.96. The quantitative estimate of drug-likeness (QED) is 0.351. The van der Waals surface area contributed by atoms with Gasteiger partial charge in [0.05, 0.1) is 6.04 Å². The molecule has 0 unspecified atom stereocenters. The molecule has 2 aromatic carbocycles. The lowest BCUT2D eigenvalue weighted by Gasteiger charge is -2.61. The number of aliphatic imine (C=N–C) groups is 1. The average molecular weight is 534 g/mol. The number of guanidine groups is 1. The van der Waals surface area contributed by atoms with Crippen LogP contribution in [0.2, 0.25) is 0 Å². The summed E-state index contributed by atoms with van der Waals surface area (Å²) in [6.45, 7) is 14.5. The Labute approximate surface area is 232 Å². The zero-order valence-electron chi connectivity index (χ0n) is 24.1. The van der Waals surface area contributed by atoms with Crippen LogP contribution in [0.3, 0.4) is 0 Å². The monoisotopic (exact) mass is 533 g/mol. The molecule has 4 fully saturated rings. The number of hydrogen-bond donors (Lipinski definition) is 3. The van der Waals surface area contributed by atoms with Crippen LogP contribution < -0.4 is 16.0 Å². The number of carbonyl (C=O) groups excluding carboxylic acids is 1. The highest BCUT2D eigenvalue weighted by atomic mass is 19.1. The first-order chi connectivity index (χ1) is 18.6. The largest absolute Gasteiger partial charge is 0.352 e. The Kier molecular flexibility index (Phi) is 7.99. The molecule has 6 rings (SSSR count). The van der Waals surface area contributed by atoms with Gasteiger partial charge in [0.2, 0.25) is 0 Å². The van der Waals surface area contributed by atoms with Crippen molar-refractivity contribution in [1.82, 2.24) is 15.5 Å². The molecule has 3 N–H and O–H groups in total. The molecule has 2 bridgehead atoms. The topological polar surface area (TPSA) is 68.8 Å². The van der Waals surface area contributed by atoms with E-state index in [0.29, 0.717) is 47.5 Å². The number of aryl methyl sites for hydroxylation is 1. The number of nitrogens with zero attached hydrogens (tertiary/aromatic N) is 2. The summed E-state index contributed by atoms with van der Waals surface area (Å²) in [5, 5.41) is 10.0. The molecule has 210 valence electrons. The van der Waals surface area contributed by atoms with Crippen molar-refractivity contribution < 1.29 is 9.18 Å². The zero-order chi connectivity index (χ0) is 27.7. The SMILES string of the molecule is Cc1ccc(CCNC(=O)c2ccc(NC(=N[C@H]3C[C@H]4C[C@@H]([C@@H]3C)C4(C)C)N3CCN[C@@H](C)C3)cc2)c(F)c1. The Morgan fingerprint density at radius 1 is 1.15 bits per heavy atom. The number of benzene rings is 2. The maximum absolute atomic E-state index is 14.1. The lowest BCUT2D eigenvalue weighted by atomic mass is 9.45. The van der Waals surface area contributed by atoms with Crippen molar-refractivity contribution >= 4 is 17.6 Å². The van der Waals surface area contributed by atoms with Crippen molar-refractivity contribution in [2.45, 2.75) is 66.0 Å². The minimum absolute atomic E-state index is 0.156. The number of carbonyl (C=O) groups is 1. The second kappa shape index (κ2) is 11.3. The fraction of sp³-hybridized carbons (Fsp3) is 0.562. The van der Waals surface area contributed by atoms with Gasteiger partial charge in [-0.3, -0.25) is 4.79 Å². The van der Waals surface area contributed by atoms with Crippen LogP contribution in [-0.2, 0) is 6.42 Å². The molecule has 39 heavy (non-hydrogen) atoms. The predicted octanol–water partition coefficient (Wildman–Crippen LogP) is 5.24. The molecule has 1 amide bonds. The first kappa shape index (κ1) is 27.6. The summed E-state index contributed by atoms with van der Waals surface area (Å²) in [5.74, 6) is 2.64. The van der Waals surface area contributed by atoms with Crippen LogP contribution in [0.1, 0.15) is 62.0 Å². The maximum Gasteiger partial charge on any atom is 0.251 e. The smallest absolute Gasteiger partial charge is 0.251 e. The first-order valence-corrected chi connectivity index (χ1v) is 14.6. The van der Waals surface area contributed by atoms with Crippen molar-refractivity contribution in [3.05, 3.63) is 65.0 Å². The summed E-state index contributed by atoms with van der Waals surface area (Å²) >= 11 is 0. The zero-order valence-corrected chi connectivity index (χ0v) is 24.1. The van der Waals surface area contributed by atoms with E-state index in [2.05, 4.69) is 48.5 Å². The summed E-state index contributed by atoms with van der Waals surface area (Å²) in [7, 11) is 0. The molecule has 3 aliphatic carbocycles. The van der Waals surface area contributed by atoms with Crippen molar-refractivity contribution in [3.8, 4) is 0 Å². The van der Waals surface area contributed by atoms with E-state index < -0.39 is 0 Å². The molecule has 1 aliphatic heterocycles. The normalized spacial score (nSPS) is 28.0. The molecule has 0 aromatic heterocycles. The molecule has 7 heteroatoms. The molecular weight excluding hydrogens is 489 g/mol. The van der Waals surface area contributed by atoms with Crippen molar-refractivity contribution in [2.24, 2.45) is 28.2 Å². The number of amides is 1. The molecule has 0 radical (unpaired) electrons. The Bertz CT molecular complexity index is 1210. The van der Waals surface area contributed by atoms with Crippen LogP contribution >= 0.6 is 0 Å². The molecular formula is C32H44FN5O. The van der Waals surface area contributed by atoms with Crippen molar-refractivity contribution in [3.63, 3.8) is 0 Å². The highest BCUT2D eigenvalue weighted by Gasteiger charge is 2.56. The molecule has 3 saturated carbocycles. The van der Waals surface area contributed by atoms with Gasteiger partial charge in [-0.1, -0.05) is 32.9 Å². The van der Waals surface area contributed by atoms with Crippen LogP contribution in [0, 0.1) is 35.9 Å². The Morgan fingerprint density at radius 3 is 2.59 bits per heavy atom. The Balaban J connectivity index is 1.24. The van der Waals surface area contributed by atoms with Gasteiger partial charge in [-0.2, -0.15) is 0 Å². The van der Waals surface area contributed by atoms with Gasteiger partial charge in [-0.25, -0.2) is 9.38 Å². The molecule has 0 spiro atoms. The first-order valence-electron chi connectivity index (χ1n) is 14.6. The second-order valence-electron chi connectivity index (χ2n) is 12.6. The highest BCUT2D eigenvalue weighted by molar-refractivity contribution is 5.96.